The summed E-state index contributed by atoms with van der Waals surface area (Å²) in [6, 6.07) is 15.3. The Hall–Kier alpha value is -3.26. The molecule has 0 radical (unpaired) electrons. The van der Waals surface area contributed by atoms with Gasteiger partial charge in [-0.3, -0.25) is 14.3 Å². The van der Waals surface area contributed by atoms with E-state index in [0.29, 0.717) is 17.0 Å². The number of ether oxygens (including phenoxy) is 1. The van der Waals surface area contributed by atoms with Gasteiger partial charge in [0.1, 0.15) is 17.8 Å². The van der Waals surface area contributed by atoms with Gasteiger partial charge in [-0.05, 0) is 85.5 Å². The fourth-order valence-electron chi connectivity index (χ4n) is 3.42. The molecule has 2 aromatic carbocycles. The Kier molecular flexibility index (Phi) is 7.48. The third-order valence-corrected chi connectivity index (χ3v) is 7.13. The summed E-state index contributed by atoms with van der Waals surface area (Å²) in [6.45, 7) is 3.64. The quantitative estimate of drug-likeness (QED) is 0.516. The van der Waals surface area contributed by atoms with Gasteiger partial charge in [0, 0.05) is 17.6 Å². The van der Waals surface area contributed by atoms with Gasteiger partial charge in [0.2, 0.25) is 5.91 Å². The number of nitrogens with one attached hydrogen (secondary N) is 2. The Balaban J connectivity index is 1.83. The lowest BCUT2D eigenvalue weighted by atomic mass is 10.0. The van der Waals surface area contributed by atoms with Crippen LogP contribution in [0.1, 0.15) is 30.3 Å². The van der Waals surface area contributed by atoms with Gasteiger partial charge in [0.05, 0.1) is 7.11 Å². The Morgan fingerprint density at radius 3 is 2.12 bits per heavy atom. The molecule has 176 valence electrons. The molecule has 3 aromatic rings. The minimum absolute atomic E-state index is 0.301. The van der Waals surface area contributed by atoms with Gasteiger partial charge in [-0.2, -0.15) is 5.10 Å². The second kappa shape index (κ2) is 10.1. The maximum absolute atomic E-state index is 13.3. The van der Waals surface area contributed by atoms with Crippen LogP contribution in [-0.2, 0) is 9.59 Å². The Labute approximate surface area is 196 Å². The summed E-state index contributed by atoms with van der Waals surface area (Å²) >= 11 is 0. The molecule has 0 aliphatic carbocycles. The molecule has 1 heterocycles. The predicted molar refractivity (Wildman–Crippen MR) is 134 cm³/mol. The number of hydrogen-bond acceptors (Lipinski definition) is 4. The number of nitrogens with zero attached hydrogens (tertiary/aromatic N) is 2. The number of benzene rings is 2. The lowest BCUT2D eigenvalue weighted by Gasteiger charge is -2.26. The van der Waals surface area contributed by atoms with Crippen LogP contribution in [-0.4, -0.2) is 47.5 Å². The van der Waals surface area contributed by atoms with Crippen LogP contribution in [0.15, 0.2) is 65.7 Å². The average Bonchev–Trinajstić information content (AvgIpc) is 3.22. The van der Waals surface area contributed by atoms with Crippen molar-refractivity contribution in [2.24, 2.45) is 0 Å². The largest absolute Gasteiger partial charge is 0.497 e. The Bertz CT molecular complexity index is 1100. The molecule has 33 heavy (non-hydrogen) atoms. The lowest BCUT2D eigenvalue weighted by Crippen LogP contribution is -2.40. The number of aryl methyl sites for hydroxylation is 1. The molecular formula is C25H32N4O3S. The molecule has 2 unspecified atom stereocenters. The van der Waals surface area contributed by atoms with Crippen molar-refractivity contribution in [3.8, 4) is 5.75 Å². The summed E-state index contributed by atoms with van der Waals surface area (Å²) in [6.07, 6.45) is 8.31. The van der Waals surface area contributed by atoms with Crippen molar-refractivity contribution < 1.29 is 14.3 Å². The first kappa shape index (κ1) is 24.4. The zero-order chi connectivity index (χ0) is 24.2. The average molecular weight is 469 g/mol. The minimum atomic E-state index is -0.880. The number of hydrogen-bond donors (Lipinski definition) is 2. The van der Waals surface area contributed by atoms with Crippen LogP contribution in [0.3, 0.4) is 0 Å². The van der Waals surface area contributed by atoms with E-state index in [9.17, 15) is 9.59 Å². The van der Waals surface area contributed by atoms with Gasteiger partial charge in [-0.15, -0.1) is 0 Å². The number of aromatic nitrogens is 2. The molecule has 0 saturated carbocycles. The first-order chi connectivity index (χ1) is 15.6. The molecule has 2 amide bonds. The van der Waals surface area contributed by atoms with E-state index in [1.165, 1.54) is 4.90 Å². The van der Waals surface area contributed by atoms with E-state index >= 15 is 0 Å². The SMILES string of the molecule is COc1ccc(C(NC(=O)C(C)n2nccc2C)C(=O)Nc2ccc(S(C)(C)C)cc2)cc1. The molecule has 3 rings (SSSR count). The monoisotopic (exact) mass is 468 g/mol. The predicted octanol–water partition coefficient (Wildman–Crippen LogP) is 4.31. The summed E-state index contributed by atoms with van der Waals surface area (Å²) in [7, 11) is 0.727. The van der Waals surface area contributed by atoms with Crippen molar-refractivity contribution in [1.29, 1.82) is 0 Å². The molecule has 0 fully saturated rings. The minimum Gasteiger partial charge on any atom is -0.497 e. The van der Waals surface area contributed by atoms with Gasteiger partial charge in [0.25, 0.3) is 5.91 Å². The summed E-state index contributed by atoms with van der Waals surface area (Å²) in [5.41, 5.74) is 2.20. The highest BCUT2D eigenvalue weighted by molar-refractivity contribution is 8.32. The highest BCUT2D eigenvalue weighted by Gasteiger charge is 2.27. The second-order valence-corrected chi connectivity index (χ2v) is 12.8. The third kappa shape index (κ3) is 5.96. The van der Waals surface area contributed by atoms with Crippen molar-refractivity contribution in [2.75, 3.05) is 31.2 Å². The molecule has 0 bridgehead atoms. The van der Waals surface area contributed by atoms with Crippen molar-refractivity contribution >= 4 is 27.5 Å². The summed E-state index contributed by atoms with van der Waals surface area (Å²) in [5.74, 6) is 0.0447. The van der Waals surface area contributed by atoms with Crippen molar-refractivity contribution in [3.05, 3.63) is 72.1 Å². The number of carbonyl (C=O) groups is 2. The van der Waals surface area contributed by atoms with E-state index in [2.05, 4.69) is 34.5 Å². The highest BCUT2D eigenvalue weighted by Crippen LogP contribution is 2.45. The number of carbonyl (C=O) groups excluding carboxylic acids is 2. The van der Waals surface area contributed by atoms with Crippen molar-refractivity contribution in [1.82, 2.24) is 15.1 Å². The molecular weight excluding hydrogens is 436 g/mol. The van der Waals surface area contributed by atoms with E-state index in [4.69, 9.17) is 4.74 Å². The van der Waals surface area contributed by atoms with Crippen molar-refractivity contribution in [2.45, 2.75) is 30.8 Å². The Morgan fingerprint density at radius 1 is 0.970 bits per heavy atom. The number of methoxy groups -OCH3 is 1. The van der Waals surface area contributed by atoms with E-state index in [-0.39, 0.29) is 11.8 Å². The van der Waals surface area contributed by atoms with Crippen LogP contribution in [0.5, 0.6) is 5.75 Å². The first-order valence-corrected chi connectivity index (χ1v) is 13.5. The molecule has 0 aliphatic heterocycles. The summed E-state index contributed by atoms with van der Waals surface area (Å²) in [5, 5.41) is 10.1. The molecule has 2 atom stereocenters. The number of anilines is 1. The van der Waals surface area contributed by atoms with E-state index in [1.807, 2.05) is 37.3 Å². The molecule has 0 saturated heterocycles. The standard InChI is InChI=1S/C25H32N4O3S/c1-17-15-16-26-29(17)18(2)24(30)28-23(19-7-11-21(32-3)12-8-19)25(31)27-20-9-13-22(14-10-20)33(4,5)6/h7-16,18,23H,1-6H3,(H,27,31)(H,28,30). The molecule has 1 aromatic heterocycles. The zero-order valence-corrected chi connectivity index (χ0v) is 20.8. The molecule has 0 spiro atoms. The van der Waals surface area contributed by atoms with Crippen LogP contribution < -0.4 is 15.4 Å². The van der Waals surface area contributed by atoms with Crippen molar-refractivity contribution in [3.63, 3.8) is 0 Å². The lowest BCUT2D eigenvalue weighted by molar-refractivity contribution is -0.128. The summed E-state index contributed by atoms with van der Waals surface area (Å²) in [4.78, 5) is 27.6. The van der Waals surface area contributed by atoms with E-state index < -0.39 is 22.1 Å². The number of amides is 2. The first-order valence-electron chi connectivity index (χ1n) is 10.6. The van der Waals surface area contributed by atoms with Crippen LogP contribution in [0.4, 0.5) is 5.69 Å². The van der Waals surface area contributed by atoms with Crippen LogP contribution in [0.2, 0.25) is 0 Å². The normalized spacial score (nSPS) is 13.6. The number of rotatable bonds is 8. The molecule has 2 N–H and O–H groups in total. The fourth-order valence-corrected chi connectivity index (χ4v) is 4.37. The topological polar surface area (TPSA) is 85.2 Å². The molecule has 0 aliphatic rings. The molecule has 7 nitrogen and oxygen atoms in total. The van der Waals surface area contributed by atoms with Crippen LogP contribution in [0, 0.1) is 6.92 Å². The zero-order valence-electron chi connectivity index (χ0n) is 20.0. The van der Waals surface area contributed by atoms with Gasteiger partial charge < -0.3 is 15.4 Å². The maximum atomic E-state index is 13.3. The maximum Gasteiger partial charge on any atom is 0.251 e. The van der Waals surface area contributed by atoms with E-state index in [1.54, 1.807) is 49.2 Å². The fraction of sp³-hybridized carbons (Fsp3) is 0.320. The van der Waals surface area contributed by atoms with Gasteiger partial charge in [-0.25, -0.2) is 10.0 Å². The van der Waals surface area contributed by atoms with Gasteiger partial charge in [0.15, 0.2) is 0 Å². The van der Waals surface area contributed by atoms with Crippen LogP contribution in [0.25, 0.3) is 0 Å². The second-order valence-electron chi connectivity index (χ2n) is 8.66. The van der Waals surface area contributed by atoms with Crippen LogP contribution >= 0.6 is 10.0 Å². The smallest absolute Gasteiger partial charge is 0.251 e. The summed E-state index contributed by atoms with van der Waals surface area (Å²) < 4.78 is 6.86. The molecule has 8 heteroatoms. The highest BCUT2D eigenvalue weighted by atomic mass is 32.3. The van der Waals surface area contributed by atoms with Gasteiger partial charge >= 0.3 is 0 Å². The Morgan fingerprint density at radius 2 is 1.61 bits per heavy atom. The van der Waals surface area contributed by atoms with Gasteiger partial charge in [-0.1, -0.05) is 12.1 Å². The van der Waals surface area contributed by atoms with E-state index in [0.717, 1.165) is 5.69 Å². The third-order valence-electron chi connectivity index (χ3n) is 5.44.